The number of urea groups is 1. The highest BCUT2D eigenvalue weighted by Gasteiger charge is 2.23. The first kappa shape index (κ1) is 19.5. The summed E-state index contributed by atoms with van der Waals surface area (Å²) in [6.45, 7) is 9.22. The van der Waals surface area contributed by atoms with E-state index in [1.165, 1.54) is 4.90 Å². The van der Waals surface area contributed by atoms with Gasteiger partial charge in [0.25, 0.3) is 0 Å². The Balaban J connectivity index is 1.50. The number of carbonyl (C=O) groups is 1. The molecular weight excluding hydrogens is 358 g/mol. The van der Waals surface area contributed by atoms with Crippen molar-refractivity contribution in [3.05, 3.63) is 48.3 Å². The van der Waals surface area contributed by atoms with Crippen molar-refractivity contribution in [3.63, 3.8) is 0 Å². The van der Waals surface area contributed by atoms with Gasteiger partial charge in [0.15, 0.2) is 0 Å². The van der Waals surface area contributed by atoms with E-state index in [0.29, 0.717) is 18.3 Å². The number of nitrogens with one attached hydrogen (secondary N) is 1. The van der Waals surface area contributed by atoms with Crippen LogP contribution < -0.4 is 10.2 Å². The first-order valence-corrected chi connectivity index (χ1v) is 10.2. The fraction of sp³-hybridized carbons (Fsp3) is 0.450. The lowest BCUT2D eigenvalue weighted by molar-refractivity contribution is 0.191. The van der Waals surface area contributed by atoms with Gasteiger partial charge in [-0.3, -0.25) is 0 Å². The van der Waals surface area contributed by atoms with Gasteiger partial charge in [-0.1, -0.05) is 26.0 Å². The molecule has 6 nitrogen and oxygen atoms in total. The maximum atomic E-state index is 12.6. The maximum absolute atomic E-state index is 12.6. The summed E-state index contributed by atoms with van der Waals surface area (Å²) in [6, 6.07) is 10.2. The minimum Gasteiger partial charge on any atom is -0.337 e. The average molecular weight is 386 g/mol. The molecule has 0 bridgehead atoms. The molecule has 1 fully saturated rings. The lowest BCUT2D eigenvalue weighted by atomic mass is 10.1. The molecule has 0 spiro atoms. The molecule has 1 unspecified atom stereocenters. The summed E-state index contributed by atoms with van der Waals surface area (Å²) in [5, 5.41) is 3.67. The summed E-state index contributed by atoms with van der Waals surface area (Å²) >= 11 is 1.84. The zero-order valence-electron chi connectivity index (χ0n) is 16.1. The standard InChI is InChI=1S/C20H27N5OS/c1-15(2)27-18-7-5-17(6-8-18)16(3)23-20(26)25-13-11-24(12-14-25)19-21-9-4-10-22-19/h4-10,15-16H,11-14H2,1-3H3,(H,23,26). The second kappa shape index (κ2) is 9.08. The molecule has 0 aliphatic carbocycles. The van der Waals surface area contributed by atoms with E-state index in [1.54, 1.807) is 12.4 Å². The number of aromatic nitrogens is 2. The molecular formula is C20H27N5OS. The Hall–Kier alpha value is -2.28. The van der Waals surface area contributed by atoms with Crippen LogP contribution in [0, 0.1) is 0 Å². The predicted molar refractivity (Wildman–Crippen MR) is 110 cm³/mol. The van der Waals surface area contributed by atoms with Gasteiger partial charge in [-0.2, -0.15) is 0 Å². The second-order valence-corrected chi connectivity index (χ2v) is 8.58. The quantitative estimate of drug-likeness (QED) is 0.798. The van der Waals surface area contributed by atoms with Crippen LogP contribution in [-0.4, -0.2) is 52.3 Å². The van der Waals surface area contributed by atoms with Crippen LogP contribution in [0.5, 0.6) is 0 Å². The minimum absolute atomic E-state index is 0.0169. The lowest BCUT2D eigenvalue weighted by Crippen LogP contribution is -2.52. The van der Waals surface area contributed by atoms with Gasteiger partial charge in [0.1, 0.15) is 0 Å². The molecule has 1 aromatic heterocycles. The largest absolute Gasteiger partial charge is 0.337 e. The van der Waals surface area contributed by atoms with Crippen LogP contribution in [-0.2, 0) is 0 Å². The number of hydrogen-bond acceptors (Lipinski definition) is 5. The first-order chi connectivity index (χ1) is 13.0. The summed E-state index contributed by atoms with van der Waals surface area (Å²) < 4.78 is 0. The van der Waals surface area contributed by atoms with Gasteiger partial charge < -0.3 is 15.1 Å². The Labute approximate surface area is 165 Å². The van der Waals surface area contributed by atoms with Gasteiger partial charge in [0.05, 0.1) is 6.04 Å². The molecule has 144 valence electrons. The predicted octanol–water partition coefficient (Wildman–Crippen LogP) is 3.57. The lowest BCUT2D eigenvalue weighted by Gasteiger charge is -2.35. The molecule has 1 atom stereocenters. The second-order valence-electron chi connectivity index (χ2n) is 6.93. The summed E-state index contributed by atoms with van der Waals surface area (Å²) in [5.74, 6) is 0.727. The Morgan fingerprint density at radius 3 is 2.26 bits per heavy atom. The van der Waals surface area contributed by atoms with Gasteiger partial charge in [-0.15, -0.1) is 11.8 Å². The molecule has 1 aliphatic rings. The molecule has 1 aliphatic heterocycles. The van der Waals surface area contributed by atoms with Gasteiger partial charge in [-0.05, 0) is 30.7 Å². The monoisotopic (exact) mass is 385 g/mol. The van der Waals surface area contributed by atoms with E-state index in [1.807, 2.05) is 29.7 Å². The van der Waals surface area contributed by atoms with Crippen LogP contribution in [0.4, 0.5) is 10.7 Å². The smallest absolute Gasteiger partial charge is 0.317 e. The molecule has 1 N–H and O–H groups in total. The molecule has 2 aromatic rings. The SMILES string of the molecule is CC(C)Sc1ccc(C(C)NC(=O)N2CCN(c3ncccn3)CC2)cc1. The first-order valence-electron chi connectivity index (χ1n) is 9.37. The number of rotatable bonds is 5. The fourth-order valence-corrected chi connectivity index (χ4v) is 3.87. The third-order valence-corrected chi connectivity index (χ3v) is 5.51. The highest BCUT2D eigenvalue weighted by molar-refractivity contribution is 7.99. The van der Waals surface area contributed by atoms with E-state index in [4.69, 9.17) is 0 Å². The summed E-state index contributed by atoms with van der Waals surface area (Å²) in [4.78, 5) is 26.4. The molecule has 0 radical (unpaired) electrons. The third kappa shape index (κ3) is 5.35. The molecule has 1 aromatic carbocycles. The number of hydrogen-bond donors (Lipinski definition) is 1. The molecule has 2 heterocycles. The van der Waals surface area contributed by atoms with E-state index >= 15 is 0 Å². The van der Waals surface area contributed by atoms with Gasteiger partial charge in [0, 0.05) is 48.7 Å². The molecule has 27 heavy (non-hydrogen) atoms. The molecule has 1 saturated heterocycles. The van der Waals surface area contributed by atoms with Crippen LogP contribution in [0.25, 0.3) is 0 Å². The number of anilines is 1. The number of amides is 2. The highest BCUT2D eigenvalue weighted by Crippen LogP contribution is 2.24. The van der Waals surface area contributed by atoms with Crippen LogP contribution in [0.1, 0.15) is 32.4 Å². The normalized spacial score (nSPS) is 15.7. The van der Waals surface area contributed by atoms with Crippen LogP contribution in [0.15, 0.2) is 47.6 Å². The number of nitrogens with zero attached hydrogens (tertiary/aromatic N) is 4. The van der Waals surface area contributed by atoms with Crippen molar-refractivity contribution < 1.29 is 4.79 Å². The van der Waals surface area contributed by atoms with Crippen LogP contribution in [0.3, 0.4) is 0 Å². The van der Waals surface area contributed by atoms with E-state index in [9.17, 15) is 4.79 Å². The molecule has 7 heteroatoms. The molecule has 2 amide bonds. The van der Waals surface area contributed by atoms with Crippen molar-refractivity contribution in [2.45, 2.75) is 37.0 Å². The highest BCUT2D eigenvalue weighted by atomic mass is 32.2. The number of thioether (sulfide) groups is 1. The van der Waals surface area contributed by atoms with Crippen LogP contribution >= 0.6 is 11.8 Å². The van der Waals surface area contributed by atoms with E-state index in [2.05, 4.69) is 58.3 Å². The van der Waals surface area contributed by atoms with Gasteiger partial charge in [-0.25, -0.2) is 14.8 Å². The zero-order chi connectivity index (χ0) is 19.2. The average Bonchev–Trinajstić information content (AvgIpc) is 2.69. The minimum atomic E-state index is -0.0221. The van der Waals surface area contributed by atoms with Crippen molar-refractivity contribution in [1.29, 1.82) is 0 Å². The Bertz CT molecular complexity index is 730. The van der Waals surface area contributed by atoms with E-state index < -0.39 is 0 Å². The van der Waals surface area contributed by atoms with Crippen molar-refractivity contribution in [2.75, 3.05) is 31.1 Å². The Kier molecular flexibility index (Phi) is 6.55. The van der Waals surface area contributed by atoms with E-state index in [-0.39, 0.29) is 12.1 Å². The Morgan fingerprint density at radius 1 is 1.04 bits per heavy atom. The topological polar surface area (TPSA) is 61.4 Å². The van der Waals surface area contributed by atoms with Gasteiger partial charge in [0.2, 0.25) is 5.95 Å². The number of benzene rings is 1. The maximum Gasteiger partial charge on any atom is 0.317 e. The van der Waals surface area contributed by atoms with Gasteiger partial charge >= 0.3 is 6.03 Å². The number of carbonyl (C=O) groups excluding carboxylic acids is 1. The van der Waals surface area contributed by atoms with Crippen molar-refractivity contribution in [2.24, 2.45) is 0 Å². The summed E-state index contributed by atoms with van der Waals surface area (Å²) in [6.07, 6.45) is 3.49. The third-order valence-electron chi connectivity index (χ3n) is 4.49. The van der Waals surface area contributed by atoms with Crippen LogP contribution in [0.2, 0.25) is 0 Å². The summed E-state index contributed by atoms with van der Waals surface area (Å²) in [5.41, 5.74) is 1.12. The van der Waals surface area contributed by atoms with Crippen molar-refractivity contribution in [3.8, 4) is 0 Å². The van der Waals surface area contributed by atoms with Crippen molar-refractivity contribution in [1.82, 2.24) is 20.2 Å². The van der Waals surface area contributed by atoms with Crippen molar-refractivity contribution >= 4 is 23.7 Å². The molecule has 0 saturated carbocycles. The summed E-state index contributed by atoms with van der Waals surface area (Å²) in [7, 11) is 0. The number of piperazine rings is 1. The Morgan fingerprint density at radius 2 is 1.67 bits per heavy atom. The zero-order valence-corrected chi connectivity index (χ0v) is 16.9. The fourth-order valence-electron chi connectivity index (χ4n) is 3.03. The molecule has 3 rings (SSSR count). The van der Waals surface area contributed by atoms with E-state index in [0.717, 1.165) is 24.6 Å².